The molecule has 116 heavy (non-hydrogen) atoms. The van der Waals surface area contributed by atoms with E-state index in [0.29, 0.717) is 76.4 Å². The number of hydrogen-bond donors (Lipinski definition) is 5. The first kappa shape index (κ1) is 87.2. The summed E-state index contributed by atoms with van der Waals surface area (Å²) in [6.45, 7) is 42.0. The molecule has 3 saturated heterocycles. The number of rotatable bonds is 14. The lowest BCUT2D eigenvalue weighted by atomic mass is 9.49. The molecular weight excluding hydrogens is 1570 g/mol. The van der Waals surface area contributed by atoms with Gasteiger partial charge < -0.3 is 82.4 Å². The number of fused-ring (bicyclic) bond motifs is 5. The molecule has 5 N–H and O–H groups in total. The minimum atomic E-state index is -0.702. The Morgan fingerprint density at radius 2 is 1.04 bits per heavy atom. The first-order chi connectivity index (χ1) is 54.4. The molecule has 4 aromatic heterocycles. The largest absolute Gasteiger partial charge is 0.494 e. The Balaban J connectivity index is 0.000000145. The zero-order valence-corrected chi connectivity index (χ0v) is 71.8. The van der Waals surface area contributed by atoms with E-state index in [1.807, 2.05) is 218 Å². The number of aromatic nitrogens is 8. The normalized spacial score (nSPS) is 19.3. The van der Waals surface area contributed by atoms with Crippen molar-refractivity contribution in [2.45, 2.75) is 221 Å². The Hall–Kier alpha value is -9.60. The molecule has 15 rings (SSSR count). The number of hydrogen-bond acceptors (Lipinski definition) is 25. The minimum Gasteiger partial charge on any atom is -0.485 e. The van der Waals surface area contributed by atoms with E-state index >= 15 is 0 Å². The van der Waals surface area contributed by atoms with Crippen molar-refractivity contribution in [1.29, 1.82) is 0 Å². The van der Waals surface area contributed by atoms with Crippen molar-refractivity contribution >= 4 is 123 Å². The predicted molar refractivity (Wildman–Crippen MR) is 448 cm³/mol. The number of ether oxygens (including phenoxy) is 7. The molecule has 5 aromatic carbocycles. The van der Waals surface area contributed by atoms with Gasteiger partial charge in [0, 0.05) is 63.1 Å². The summed E-state index contributed by atoms with van der Waals surface area (Å²) < 4.78 is 77.8. The van der Waals surface area contributed by atoms with Gasteiger partial charge in [0.25, 0.3) is 11.8 Å². The average Bonchev–Trinajstić information content (AvgIpc) is 1.60. The number of carbonyl (C=O) groups excluding carboxylic acids is 4. The Labute approximate surface area is 690 Å². The highest BCUT2D eigenvalue weighted by Crippen LogP contribution is 2.45. The van der Waals surface area contributed by atoms with Crippen molar-refractivity contribution in [2.24, 2.45) is 5.92 Å². The van der Waals surface area contributed by atoms with Crippen molar-refractivity contribution in [3.05, 3.63) is 138 Å². The molecule has 0 spiro atoms. The SMILES string of the molecule is CC(C)(C)OC(=O)n1ncc2cc(Nc3ccnc(Cl)n3)ccc21.CC(C)CC(=O)C1COc2ccc(Br)cc2O1.CC(C)NC(=O)C1COc2ccc(-c3nccc(Nc4ccc5[nH]ncc5c4)n3)cc2O1.CC(C)NC(=O)C1COc2ccc(B3OC(C)(C)C(C)(C)O3)cc2O1.CC1(C)OB(B2OC(C)(C)C(C)(C)O2)OC1(C)C. The monoisotopic (exact) mass is 1670 g/mol. The average molecular weight is 1680 g/mol. The quantitative estimate of drug-likeness (QED) is 0.0499. The van der Waals surface area contributed by atoms with Crippen LogP contribution in [0, 0.1) is 5.92 Å². The number of anilines is 4. The van der Waals surface area contributed by atoms with Crippen LogP contribution in [0.1, 0.15) is 152 Å². The summed E-state index contributed by atoms with van der Waals surface area (Å²) in [6.07, 6.45) is 4.81. The fourth-order valence-corrected chi connectivity index (χ4v) is 12.5. The topological polar surface area (TPSA) is 334 Å². The summed E-state index contributed by atoms with van der Waals surface area (Å²) in [5.41, 5.74) is 2.07. The van der Waals surface area contributed by atoms with Gasteiger partial charge in [0.1, 0.15) is 37.1 Å². The summed E-state index contributed by atoms with van der Waals surface area (Å²) in [6, 6.07) is 31.5. The van der Waals surface area contributed by atoms with Crippen LogP contribution in [-0.4, -0.2) is 174 Å². The summed E-state index contributed by atoms with van der Waals surface area (Å²) in [4.78, 5) is 65.5. The Morgan fingerprint density at radius 3 is 1.59 bits per heavy atom. The molecule has 9 aromatic rings. The van der Waals surface area contributed by atoms with Gasteiger partial charge in [-0.25, -0.2) is 24.7 Å². The van der Waals surface area contributed by atoms with E-state index in [4.69, 9.17) is 72.7 Å². The van der Waals surface area contributed by atoms with Crippen molar-refractivity contribution < 1.29 is 80.3 Å². The molecule has 29 nitrogen and oxygen atoms in total. The molecule has 3 unspecified atom stereocenters. The molecule has 10 heterocycles. The van der Waals surface area contributed by atoms with E-state index < -0.39 is 62.3 Å². The van der Waals surface area contributed by atoms with Crippen LogP contribution in [0.2, 0.25) is 5.28 Å². The summed E-state index contributed by atoms with van der Waals surface area (Å²) in [5.74, 6) is 5.38. The van der Waals surface area contributed by atoms with Crippen molar-refractivity contribution in [2.75, 3.05) is 30.5 Å². The number of carbonyl (C=O) groups is 4. The standard InChI is InChI=1S/C23H22N6O3.C18H26BNO5.C16H16ClN5O2.C13H15BrO3.C12H24B2O4/c1-13(2)26-23(30)20-12-31-18-6-3-14(10-19(18)32-20)22-24-8-7-21(28-22)27-16-4-5-17-15(9-16)11-25-29-17;1-11(2)20-16(21)15-10-22-13-8-7-12(9-14(13)23-15)19-24-17(3,4)18(5,6)25-19;1-16(2,3)24-15(23)22-12-5-4-11(8-10(12)9-19-22)20-13-6-7-18-14(17)21-13;1-8(2)5-10(15)13-7-16-11-4-3-9(14)6-12(11)17-13;1-9(2)10(3,4)16-13(15-9)14-17-11(5,6)12(7,8)18-14/h3-11,13,20H,12H2,1-2H3,(H,25,29)(H,26,30)(H,24,27,28);7-9,11,15H,10H2,1-6H3,(H,20,21);4-9H,1-3H3,(H,18,20,21);3-4,6,8,13H,5,7H2,1-2H3;1-8H3. The second-order valence-electron chi connectivity index (χ2n) is 33.6. The third kappa shape index (κ3) is 21.6. The van der Waals surface area contributed by atoms with Crippen LogP contribution < -0.4 is 55.2 Å². The number of ketones is 1. The lowest BCUT2D eigenvalue weighted by Gasteiger charge is -2.32. The van der Waals surface area contributed by atoms with Gasteiger partial charge in [-0.2, -0.15) is 14.9 Å². The highest BCUT2D eigenvalue weighted by Gasteiger charge is 2.64. The van der Waals surface area contributed by atoms with Gasteiger partial charge in [-0.3, -0.25) is 19.5 Å². The third-order valence-electron chi connectivity index (χ3n) is 20.2. The maximum Gasteiger partial charge on any atom is 0.494 e. The van der Waals surface area contributed by atoms with Crippen LogP contribution in [0.5, 0.6) is 34.5 Å². The second-order valence-corrected chi connectivity index (χ2v) is 34.9. The lowest BCUT2D eigenvalue weighted by molar-refractivity contribution is -0.131. The van der Waals surface area contributed by atoms with Gasteiger partial charge in [0.05, 0.1) is 57.0 Å². The summed E-state index contributed by atoms with van der Waals surface area (Å²) in [7, 11) is -1.43. The molecule has 6 aliphatic rings. The molecule has 616 valence electrons. The van der Waals surface area contributed by atoms with E-state index in [2.05, 4.69) is 72.4 Å². The fraction of sp³-hybridized carbons (Fsp3) is 0.463. The van der Waals surface area contributed by atoms with Gasteiger partial charge in [-0.15, -0.1) is 0 Å². The van der Waals surface area contributed by atoms with Gasteiger partial charge in [0.2, 0.25) is 17.5 Å². The van der Waals surface area contributed by atoms with Gasteiger partial charge in [0.15, 0.2) is 52.2 Å². The van der Waals surface area contributed by atoms with E-state index in [1.54, 1.807) is 55.1 Å². The molecule has 3 fully saturated rings. The molecular formula is C82H103B3BrClN12O17. The number of amides is 2. The molecule has 0 radical (unpaired) electrons. The zero-order valence-electron chi connectivity index (χ0n) is 69.5. The second kappa shape index (κ2) is 35.3. The first-order valence-electron chi connectivity index (χ1n) is 38.6. The van der Waals surface area contributed by atoms with Gasteiger partial charge >= 0.3 is 27.2 Å². The highest BCUT2D eigenvalue weighted by atomic mass is 79.9. The molecule has 0 aliphatic carbocycles. The summed E-state index contributed by atoms with van der Waals surface area (Å²) >= 11 is 9.14. The molecule has 34 heteroatoms. The maximum atomic E-state index is 12.3. The zero-order chi connectivity index (χ0) is 84.2. The fourth-order valence-electron chi connectivity index (χ4n) is 12.0. The number of nitrogens with zero attached hydrogens (tertiary/aromatic N) is 7. The van der Waals surface area contributed by atoms with Crippen LogP contribution in [0.15, 0.2) is 132 Å². The number of halogens is 2. The van der Waals surface area contributed by atoms with Crippen LogP contribution in [-0.2, 0) is 47.0 Å². The Bertz CT molecular complexity index is 4940. The van der Waals surface area contributed by atoms with Gasteiger partial charge in [-0.05, 0) is 252 Å². The van der Waals surface area contributed by atoms with Crippen LogP contribution in [0.4, 0.5) is 27.8 Å². The molecule has 2 amide bonds. The third-order valence-corrected chi connectivity index (χ3v) is 20.8. The lowest BCUT2D eigenvalue weighted by Crippen LogP contribution is -2.46. The van der Waals surface area contributed by atoms with E-state index in [-0.39, 0.29) is 70.6 Å². The van der Waals surface area contributed by atoms with Crippen molar-refractivity contribution in [3.63, 3.8) is 0 Å². The number of Topliss-reactive ketones (excluding diaryl/α,β-unsaturated/α-hetero) is 1. The van der Waals surface area contributed by atoms with Crippen LogP contribution in [0.3, 0.4) is 0 Å². The number of benzene rings is 5. The van der Waals surface area contributed by atoms with Gasteiger partial charge in [-0.1, -0.05) is 35.8 Å². The molecule has 6 aliphatic heterocycles. The first-order valence-corrected chi connectivity index (χ1v) is 39.7. The van der Waals surface area contributed by atoms with E-state index in [9.17, 15) is 19.2 Å². The smallest absolute Gasteiger partial charge is 0.485 e. The molecule has 0 bridgehead atoms. The molecule has 0 saturated carbocycles. The highest BCUT2D eigenvalue weighted by molar-refractivity contribution is 9.10. The van der Waals surface area contributed by atoms with E-state index in [1.165, 1.54) is 4.68 Å². The van der Waals surface area contributed by atoms with Crippen LogP contribution in [0.25, 0.3) is 33.2 Å². The Morgan fingerprint density at radius 1 is 0.560 bits per heavy atom. The number of nitrogens with one attached hydrogen (secondary N) is 5. The van der Waals surface area contributed by atoms with Crippen molar-refractivity contribution in [1.82, 2.24) is 50.5 Å². The summed E-state index contributed by atoms with van der Waals surface area (Å²) in [5, 5.41) is 25.2. The maximum absolute atomic E-state index is 12.3. The minimum absolute atomic E-state index is 0.0247. The van der Waals surface area contributed by atoms with E-state index in [0.717, 1.165) is 43.2 Å². The van der Waals surface area contributed by atoms with Crippen LogP contribution >= 0.6 is 27.5 Å². The Kier molecular flexibility index (Phi) is 26.6. The number of aromatic amines is 1. The number of H-pyrrole nitrogens is 1. The molecule has 3 atom stereocenters. The van der Waals surface area contributed by atoms with Crippen molar-refractivity contribution in [3.8, 4) is 45.9 Å². The predicted octanol–water partition coefficient (Wildman–Crippen LogP) is 14.5.